The minimum Gasteiger partial charge on any atom is -0.490 e. The van der Waals surface area contributed by atoms with Crippen LogP contribution in [0.5, 0.6) is 11.5 Å². The Hall–Kier alpha value is -3.27. The molecule has 0 saturated carbocycles. The Morgan fingerprint density at radius 3 is 2.60 bits per heavy atom. The van der Waals surface area contributed by atoms with Gasteiger partial charge in [-0.25, -0.2) is 4.68 Å². The monoisotopic (exact) mass is 638 g/mol. The first-order valence-electron chi connectivity index (χ1n) is 12.8. The zero-order chi connectivity index (χ0) is 28.2. The Bertz CT molecular complexity index is 1570. The van der Waals surface area contributed by atoms with Gasteiger partial charge in [-0.15, -0.1) is 5.10 Å². The van der Waals surface area contributed by atoms with Gasteiger partial charge in [-0.3, -0.25) is 4.79 Å². The van der Waals surface area contributed by atoms with Crippen LogP contribution in [-0.4, -0.2) is 27.2 Å². The first-order chi connectivity index (χ1) is 19.4. The Morgan fingerprint density at radius 2 is 1.88 bits per heavy atom. The van der Waals surface area contributed by atoms with Crippen LogP contribution in [0.1, 0.15) is 43.5 Å². The molecule has 40 heavy (non-hydrogen) atoms. The van der Waals surface area contributed by atoms with Gasteiger partial charge in [0, 0.05) is 22.0 Å². The number of allylic oxidation sites excluding steroid dienone is 2. The lowest BCUT2D eigenvalue weighted by molar-refractivity contribution is -0.114. The molecule has 7 nitrogen and oxygen atoms in total. The maximum atomic E-state index is 12.9. The van der Waals surface area contributed by atoms with E-state index in [0.29, 0.717) is 52.2 Å². The van der Waals surface area contributed by atoms with Gasteiger partial charge in [0.05, 0.1) is 11.1 Å². The molecule has 3 aromatic carbocycles. The van der Waals surface area contributed by atoms with Crippen LogP contribution in [0.15, 0.2) is 87.6 Å². The number of hydrogen-bond acceptors (Lipinski definition) is 7. The van der Waals surface area contributed by atoms with E-state index < -0.39 is 6.04 Å². The largest absolute Gasteiger partial charge is 0.490 e. The summed E-state index contributed by atoms with van der Waals surface area (Å²) >= 11 is 11.5. The summed E-state index contributed by atoms with van der Waals surface area (Å²) < 4.78 is 14.7. The standard InChI is InChI=1S/C30H28BrClN4O3S/c1-4-38-25-15-22(14-23(31)28(25)39-16-20-10-6-5-7-11-20)27-26(19(3)37)18(2)33-29-34-30(35-36(27)29)40-17-21-12-8-9-13-24(21)32/h5-15,27H,4,16-17H2,1-3H3,(H,33,34,35). The summed E-state index contributed by atoms with van der Waals surface area (Å²) in [6.07, 6.45) is 0. The molecular weight excluding hydrogens is 612 g/mol. The van der Waals surface area contributed by atoms with Crippen molar-refractivity contribution in [1.29, 1.82) is 0 Å². The highest BCUT2D eigenvalue weighted by atomic mass is 79.9. The number of nitrogens with zero attached hydrogens (tertiary/aromatic N) is 3. The Morgan fingerprint density at radius 1 is 1.12 bits per heavy atom. The molecule has 10 heteroatoms. The van der Waals surface area contributed by atoms with Crippen LogP contribution >= 0.6 is 39.3 Å². The third-order valence-electron chi connectivity index (χ3n) is 6.40. The molecule has 0 amide bonds. The van der Waals surface area contributed by atoms with Crippen molar-refractivity contribution >= 4 is 51.0 Å². The van der Waals surface area contributed by atoms with Crippen LogP contribution < -0.4 is 14.8 Å². The zero-order valence-corrected chi connectivity index (χ0v) is 25.4. The van der Waals surface area contributed by atoms with E-state index in [0.717, 1.165) is 26.9 Å². The number of carbonyl (C=O) groups is 1. The molecule has 0 spiro atoms. The first-order valence-corrected chi connectivity index (χ1v) is 15.0. The number of anilines is 1. The van der Waals surface area contributed by atoms with Gasteiger partial charge >= 0.3 is 0 Å². The number of Topliss-reactive ketones (excluding diaryl/α,β-unsaturated/α-hetero) is 1. The van der Waals surface area contributed by atoms with Crippen LogP contribution in [0.4, 0.5) is 5.95 Å². The van der Waals surface area contributed by atoms with E-state index >= 15 is 0 Å². The zero-order valence-electron chi connectivity index (χ0n) is 22.3. The lowest BCUT2D eigenvalue weighted by Gasteiger charge is -2.28. The highest BCUT2D eigenvalue weighted by Gasteiger charge is 2.34. The second-order valence-corrected chi connectivity index (χ2v) is 11.4. The third-order valence-corrected chi connectivity index (χ3v) is 8.24. The van der Waals surface area contributed by atoms with Gasteiger partial charge in [0.15, 0.2) is 17.3 Å². The molecule has 206 valence electrons. The van der Waals surface area contributed by atoms with E-state index in [2.05, 4.69) is 21.2 Å². The van der Waals surface area contributed by atoms with Crippen molar-refractivity contribution < 1.29 is 14.3 Å². The summed E-state index contributed by atoms with van der Waals surface area (Å²) in [5.41, 5.74) is 4.21. The molecule has 1 unspecified atom stereocenters. The first kappa shape index (κ1) is 28.3. The third kappa shape index (κ3) is 6.06. The molecule has 1 atom stereocenters. The average Bonchev–Trinajstić information content (AvgIpc) is 3.34. The Balaban J connectivity index is 1.51. The lowest BCUT2D eigenvalue weighted by Crippen LogP contribution is -2.28. The number of nitrogens with one attached hydrogen (secondary N) is 1. The van der Waals surface area contributed by atoms with Crippen molar-refractivity contribution in [2.24, 2.45) is 0 Å². The summed E-state index contributed by atoms with van der Waals surface area (Å²) in [5, 5.41) is 9.36. The van der Waals surface area contributed by atoms with Gasteiger partial charge in [0.1, 0.15) is 12.6 Å². The maximum absolute atomic E-state index is 12.9. The normalized spacial score (nSPS) is 14.5. The van der Waals surface area contributed by atoms with Crippen LogP contribution in [0.3, 0.4) is 0 Å². The smallest absolute Gasteiger partial charge is 0.227 e. The minimum absolute atomic E-state index is 0.0556. The molecule has 4 aromatic rings. The highest BCUT2D eigenvalue weighted by molar-refractivity contribution is 9.10. The van der Waals surface area contributed by atoms with Crippen LogP contribution in [0, 0.1) is 0 Å². The number of fused-ring (bicyclic) bond motifs is 1. The fraction of sp³-hybridized carbons (Fsp3) is 0.233. The van der Waals surface area contributed by atoms with Gasteiger partial charge in [-0.2, -0.15) is 4.98 Å². The molecule has 0 radical (unpaired) electrons. The second kappa shape index (κ2) is 12.5. The van der Waals surface area contributed by atoms with Crippen molar-refractivity contribution in [2.75, 3.05) is 11.9 Å². The van der Waals surface area contributed by atoms with E-state index in [1.807, 2.05) is 80.6 Å². The van der Waals surface area contributed by atoms with Crippen molar-refractivity contribution in [1.82, 2.24) is 14.8 Å². The minimum atomic E-state index is -0.505. The number of rotatable bonds is 10. The molecule has 5 rings (SSSR count). The lowest BCUT2D eigenvalue weighted by atomic mass is 9.93. The number of carbonyl (C=O) groups excluding carboxylic acids is 1. The number of ketones is 1. The van der Waals surface area contributed by atoms with Crippen LogP contribution in [0.2, 0.25) is 5.02 Å². The summed E-state index contributed by atoms with van der Waals surface area (Å²) in [7, 11) is 0. The maximum Gasteiger partial charge on any atom is 0.227 e. The molecule has 2 heterocycles. The van der Waals surface area contributed by atoms with E-state index in [1.54, 1.807) is 11.6 Å². The quantitative estimate of drug-likeness (QED) is 0.177. The fourth-order valence-electron chi connectivity index (χ4n) is 4.59. The van der Waals surface area contributed by atoms with Crippen molar-refractivity contribution in [3.63, 3.8) is 0 Å². The van der Waals surface area contributed by atoms with E-state index in [4.69, 9.17) is 31.2 Å². The number of aromatic nitrogens is 3. The van der Waals surface area contributed by atoms with Gasteiger partial charge in [-0.05, 0) is 71.6 Å². The SMILES string of the molecule is CCOc1cc(C2C(C(C)=O)=C(C)Nc3nc(SCc4ccccc4Cl)nn32)cc(Br)c1OCc1ccccc1. The van der Waals surface area contributed by atoms with Gasteiger partial charge in [0.2, 0.25) is 11.1 Å². The van der Waals surface area contributed by atoms with Gasteiger partial charge in [-0.1, -0.05) is 71.9 Å². The van der Waals surface area contributed by atoms with Crippen molar-refractivity contribution in [3.05, 3.63) is 104 Å². The number of halogens is 2. The molecule has 1 aromatic heterocycles. The molecular formula is C30H28BrClN4O3S. The molecule has 1 N–H and O–H groups in total. The molecule has 0 saturated heterocycles. The van der Waals surface area contributed by atoms with Gasteiger partial charge < -0.3 is 14.8 Å². The van der Waals surface area contributed by atoms with Crippen molar-refractivity contribution in [2.45, 2.75) is 44.3 Å². The molecule has 0 fully saturated rings. The number of hydrogen-bond donors (Lipinski definition) is 1. The average molecular weight is 640 g/mol. The Kier molecular flexibility index (Phi) is 8.83. The summed E-state index contributed by atoms with van der Waals surface area (Å²) in [4.78, 5) is 17.7. The molecule has 0 aliphatic carbocycles. The number of benzene rings is 3. The topological polar surface area (TPSA) is 78.3 Å². The number of thioether (sulfide) groups is 1. The van der Waals surface area contributed by atoms with Gasteiger partial charge in [0.25, 0.3) is 0 Å². The van der Waals surface area contributed by atoms with E-state index in [-0.39, 0.29) is 5.78 Å². The summed E-state index contributed by atoms with van der Waals surface area (Å²) in [6, 6.07) is 21.0. The molecule has 0 bridgehead atoms. The van der Waals surface area contributed by atoms with E-state index in [1.165, 1.54) is 11.8 Å². The Labute approximate surface area is 251 Å². The van der Waals surface area contributed by atoms with Crippen LogP contribution in [-0.2, 0) is 17.2 Å². The predicted molar refractivity (Wildman–Crippen MR) is 162 cm³/mol. The fourth-order valence-corrected chi connectivity index (χ4v) is 6.28. The molecule has 1 aliphatic heterocycles. The van der Waals surface area contributed by atoms with Crippen LogP contribution in [0.25, 0.3) is 0 Å². The predicted octanol–water partition coefficient (Wildman–Crippen LogP) is 7.84. The molecule has 1 aliphatic rings. The van der Waals surface area contributed by atoms with E-state index in [9.17, 15) is 4.79 Å². The van der Waals surface area contributed by atoms with Crippen molar-refractivity contribution in [3.8, 4) is 11.5 Å². The summed E-state index contributed by atoms with van der Waals surface area (Å²) in [6.45, 7) is 6.22. The summed E-state index contributed by atoms with van der Waals surface area (Å²) in [5.74, 6) is 2.31. The highest BCUT2D eigenvalue weighted by Crippen LogP contribution is 2.43. The number of ether oxygens (including phenoxy) is 2. The second-order valence-electron chi connectivity index (χ2n) is 9.20.